The third kappa shape index (κ3) is 6.07. The second-order valence-electron chi connectivity index (χ2n) is 4.71. The Morgan fingerprint density at radius 2 is 1.19 bits per heavy atom. The van der Waals surface area contributed by atoms with Crippen LogP contribution >= 0.6 is 128 Å². The Balaban J connectivity index is 0.000000260. The smallest absolute Gasteiger partial charge is 0.121 e. The van der Waals surface area contributed by atoms with E-state index in [0.717, 1.165) is 11.1 Å². The molecule has 11 heteroatoms. The van der Waals surface area contributed by atoms with Crippen LogP contribution in [0.2, 0.25) is 35.2 Å². The summed E-state index contributed by atoms with van der Waals surface area (Å²) in [4.78, 5) is 0. The molecule has 2 aromatic rings. The van der Waals surface area contributed by atoms with Crippen LogP contribution in [0.4, 0.5) is 0 Å². The predicted octanol–water partition coefficient (Wildman–Crippen LogP) is 10.8. The van der Waals surface area contributed by atoms with Crippen LogP contribution in [-0.4, -0.2) is 0 Å². The van der Waals surface area contributed by atoms with Gasteiger partial charge in [0.1, 0.15) is 0 Å². The number of hydrogen-bond acceptors (Lipinski definition) is 0. The van der Waals surface area contributed by atoms with Crippen molar-refractivity contribution in [2.45, 2.75) is 16.6 Å². The minimum absolute atomic E-state index is 0.161. The van der Waals surface area contributed by atoms with Gasteiger partial charge < -0.3 is 0 Å². The highest BCUT2D eigenvalue weighted by Gasteiger charge is 2.27. The fourth-order valence-electron chi connectivity index (χ4n) is 1.69. The first kappa shape index (κ1) is 25.7. The van der Waals surface area contributed by atoms with Crippen LogP contribution in [0.25, 0.3) is 0 Å². The molecule has 0 N–H and O–H groups in total. The molecule has 0 bridgehead atoms. The molecule has 0 saturated carbocycles. The van der Waals surface area contributed by atoms with Crippen molar-refractivity contribution in [1.82, 2.24) is 0 Å². The maximum Gasteiger partial charge on any atom is 0.217 e. The summed E-state index contributed by atoms with van der Waals surface area (Å²) in [5.41, 5.74) is 1.81. The highest BCUT2D eigenvalue weighted by Crippen LogP contribution is 2.45. The number of benzene rings is 2. The third-order valence-electron chi connectivity index (χ3n) is 3.10. The third-order valence-corrected chi connectivity index (χ3v) is 7.21. The molecule has 26 heavy (non-hydrogen) atoms. The van der Waals surface area contributed by atoms with Gasteiger partial charge in [-0.05, 0) is 24.1 Å². The van der Waals surface area contributed by atoms with Gasteiger partial charge in [0, 0.05) is 11.4 Å². The normalized spacial score (nSPS) is 11.2. The highest BCUT2D eigenvalue weighted by molar-refractivity contribution is 6.67. The maximum absolute atomic E-state index is 5.92. The Kier molecular flexibility index (Phi) is 10.5. The molecule has 0 aliphatic carbocycles. The van der Waals surface area contributed by atoms with Gasteiger partial charge in [-0.15, -0.1) is 11.6 Å². The average Bonchev–Trinajstić information content (AvgIpc) is 2.56. The molecule has 2 rings (SSSR count). The Labute approximate surface area is 206 Å². The average molecular weight is 577 g/mol. The largest absolute Gasteiger partial charge is 0.217 e. The Morgan fingerprint density at radius 1 is 0.692 bits per heavy atom. The molecule has 144 valence electrons. The van der Waals surface area contributed by atoms with E-state index < -0.39 is 3.79 Å². The fraction of sp³-hybridized carbons (Fsp3) is 0.200. The van der Waals surface area contributed by atoms with E-state index in [1.165, 1.54) is 12.1 Å². The van der Waals surface area contributed by atoms with Gasteiger partial charge in [-0.2, -0.15) is 0 Å². The van der Waals surface area contributed by atoms with Gasteiger partial charge in [0.25, 0.3) is 0 Å². The van der Waals surface area contributed by atoms with Crippen LogP contribution in [0, 0.1) is 6.92 Å². The summed E-state index contributed by atoms with van der Waals surface area (Å²) in [6, 6.07) is 3.04. The molecule has 0 saturated heterocycles. The van der Waals surface area contributed by atoms with Crippen molar-refractivity contribution in [3.63, 3.8) is 0 Å². The van der Waals surface area contributed by atoms with Gasteiger partial charge in [-0.25, -0.2) is 0 Å². The van der Waals surface area contributed by atoms with Crippen molar-refractivity contribution in [2.75, 3.05) is 0 Å². The molecule has 0 fully saturated rings. The first-order valence-corrected chi connectivity index (χ1v) is 10.7. The van der Waals surface area contributed by atoms with Crippen LogP contribution in [0.15, 0.2) is 12.1 Å². The Bertz CT molecular complexity index is 779. The second-order valence-corrected chi connectivity index (χ2v) is 9.94. The molecular formula is C15H7Cl11. The minimum Gasteiger partial charge on any atom is -0.121 e. The zero-order valence-corrected chi connectivity index (χ0v) is 20.8. The zero-order chi connectivity index (χ0) is 20.4. The van der Waals surface area contributed by atoms with Crippen LogP contribution < -0.4 is 0 Å². The monoisotopic (exact) mass is 572 g/mol. The Morgan fingerprint density at radius 3 is 1.65 bits per heavy atom. The van der Waals surface area contributed by atoms with Gasteiger partial charge in [0.15, 0.2) is 0 Å². The summed E-state index contributed by atoms with van der Waals surface area (Å²) >= 11 is 63.3. The summed E-state index contributed by atoms with van der Waals surface area (Å²) in [7, 11) is 0. The molecule has 0 aromatic heterocycles. The van der Waals surface area contributed by atoms with Crippen LogP contribution in [-0.2, 0) is 9.67 Å². The molecule has 0 amide bonds. The molecule has 0 heterocycles. The number of halogens is 11. The van der Waals surface area contributed by atoms with Crippen molar-refractivity contribution < 1.29 is 0 Å². The topological polar surface area (TPSA) is 0 Å². The minimum atomic E-state index is -1.59. The van der Waals surface area contributed by atoms with Gasteiger partial charge >= 0.3 is 0 Å². The van der Waals surface area contributed by atoms with E-state index in [1.807, 2.05) is 0 Å². The maximum atomic E-state index is 5.92. The molecule has 2 aromatic carbocycles. The number of rotatable bonds is 1. The highest BCUT2D eigenvalue weighted by atomic mass is 35.6. The summed E-state index contributed by atoms with van der Waals surface area (Å²) < 4.78 is -1.59. The quantitative estimate of drug-likeness (QED) is 0.180. The van der Waals surface area contributed by atoms with E-state index in [0.29, 0.717) is 20.6 Å². The molecule has 0 atom stereocenters. The van der Waals surface area contributed by atoms with Crippen molar-refractivity contribution in [2.24, 2.45) is 0 Å². The predicted molar refractivity (Wildman–Crippen MR) is 121 cm³/mol. The first-order valence-electron chi connectivity index (χ1n) is 6.42. The molecule has 0 aliphatic rings. The summed E-state index contributed by atoms with van der Waals surface area (Å²) in [6.07, 6.45) is 0. The standard InChI is InChI=1S/C8H5Cl5.C7H2Cl6/c1-3-4(2-9)6(11)8(13)7(12)5(3)10;8-4-2-1-3(7(11,12)13)5(9)6(4)10/h2H2,1H3;1-2H. The first-order chi connectivity index (χ1) is 11.8. The van der Waals surface area contributed by atoms with Crippen molar-refractivity contribution in [3.05, 3.63) is 64.0 Å². The lowest BCUT2D eigenvalue weighted by Crippen LogP contribution is -2.01. The zero-order valence-electron chi connectivity index (χ0n) is 12.5. The van der Waals surface area contributed by atoms with Gasteiger partial charge in [-0.3, -0.25) is 0 Å². The van der Waals surface area contributed by atoms with Crippen LogP contribution in [0.1, 0.15) is 16.7 Å². The van der Waals surface area contributed by atoms with E-state index in [9.17, 15) is 0 Å². The number of hydrogen-bond donors (Lipinski definition) is 0. The van der Waals surface area contributed by atoms with Crippen LogP contribution in [0.5, 0.6) is 0 Å². The molecule has 0 unspecified atom stereocenters. The van der Waals surface area contributed by atoms with Crippen molar-refractivity contribution in [1.29, 1.82) is 0 Å². The number of alkyl halides is 4. The van der Waals surface area contributed by atoms with E-state index in [2.05, 4.69) is 0 Å². The van der Waals surface area contributed by atoms with Gasteiger partial charge in [-0.1, -0.05) is 122 Å². The van der Waals surface area contributed by atoms with E-state index in [4.69, 9.17) is 128 Å². The van der Waals surface area contributed by atoms with E-state index >= 15 is 0 Å². The molecular weight excluding hydrogens is 570 g/mol. The van der Waals surface area contributed by atoms with Crippen molar-refractivity contribution >= 4 is 128 Å². The summed E-state index contributed by atoms with van der Waals surface area (Å²) in [5, 5.41) is 2.00. The fourth-order valence-corrected chi connectivity index (χ4v) is 4.44. The molecule has 0 aliphatic heterocycles. The van der Waals surface area contributed by atoms with E-state index in [1.54, 1.807) is 6.92 Å². The molecule has 0 spiro atoms. The summed E-state index contributed by atoms with van der Waals surface area (Å²) in [6.45, 7) is 1.80. The summed E-state index contributed by atoms with van der Waals surface area (Å²) in [5.74, 6) is 0.265. The second kappa shape index (κ2) is 10.6. The molecule has 0 radical (unpaired) electrons. The van der Waals surface area contributed by atoms with Crippen LogP contribution in [0.3, 0.4) is 0 Å². The lowest BCUT2D eigenvalue weighted by molar-refractivity contribution is 1.24. The lowest BCUT2D eigenvalue weighted by Gasteiger charge is -2.14. The van der Waals surface area contributed by atoms with E-state index in [-0.39, 0.29) is 26.0 Å². The van der Waals surface area contributed by atoms with Crippen molar-refractivity contribution in [3.8, 4) is 0 Å². The Hall–Kier alpha value is 1.63. The van der Waals surface area contributed by atoms with Gasteiger partial charge in [0.05, 0.1) is 35.2 Å². The molecule has 0 nitrogen and oxygen atoms in total. The SMILES string of the molecule is Cc1c(Cl)c(Cl)c(Cl)c(Cl)c1CCl.Clc1ccc(C(Cl)(Cl)Cl)c(Cl)c1Cl. The lowest BCUT2D eigenvalue weighted by atomic mass is 10.1. The van der Waals surface area contributed by atoms with Gasteiger partial charge in [0.2, 0.25) is 3.79 Å².